The van der Waals surface area contributed by atoms with E-state index in [9.17, 15) is 13.2 Å². The molecular weight excluding hydrogens is 238 g/mol. The molecule has 7 heteroatoms. The molecule has 0 unspecified atom stereocenters. The van der Waals surface area contributed by atoms with E-state index < -0.39 is 21.7 Å². The molecule has 0 saturated carbocycles. The molecule has 1 rings (SSSR count). The number of hydrogen-bond acceptors (Lipinski definition) is 4. The van der Waals surface area contributed by atoms with E-state index in [1.165, 1.54) is 18.4 Å². The van der Waals surface area contributed by atoms with Gasteiger partial charge >= 0.3 is 5.97 Å². The molecule has 1 heterocycles. The van der Waals surface area contributed by atoms with Crippen LogP contribution in [0.3, 0.4) is 0 Å². The van der Waals surface area contributed by atoms with Crippen molar-refractivity contribution in [3.05, 3.63) is 22.4 Å². The lowest BCUT2D eigenvalue weighted by Crippen LogP contribution is -2.31. The Morgan fingerprint density at radius 1 is 1.60 bits per heavy atom. The molecule has 0 aromatic carbocycles. The van der Waals surface area contributed by atoms with Crippen LogP contribution in [-0.4, -0.2) is 36.6 Å². The van der Waals surface area contributed by atoms with Gasteiger partial charge in [0.2, 0.25) is 10.0 Å². The van der Waals surface area contributed by atoms with Crippen LogP contribution in [0.2, 0.25) is 0 Å². The van der Waals surface area contributed by atoms with Crippen LogP contribution >= 0.6 is 11.3 Å². The van der Waals surface area contributed by atoms with Gasteiger partial charge in [-0.05, 0) is 22.4 Å². The normalized spacial score (nSPS) is 11.9. The maximum absolute atomic E-state index is 11.4. The lowest BCUT2D eigenvalue weighted by atomic mass is 10.3. The van der Waals surface area contributed by atoms with Crippen molar-refractivity contribution in [3.8, 4) is 0 Å². The van der Waals surface area contributed by atoms with Crippen molar-refractivity contribution < 1.29 is 18.3 Å². The number of carboxylic acid groups (broad SMARTS) is 1. The summed E-state index contributed by atoms with van der Waals surface area (Å²) in [7, 11) is -2.33. The smallest absolute Gasteiger partial charge is 0.320 e. The number of rotatable bonds is 5. The SMILES string of the molecule is CN(Cc1ccsc1)S(=O)(=O)CC(=O)O. The Morgan fingerprint density at radius 3 is 2.73 bits per heavy atom. The van der Waals surface area contributed by atoms with E-state index >= 15 is 0 Å². The van der Waals surface area contributed by atoms with Gasteiger partial charge in [-0.15, -0.1) is 0 Å². The Balaban J connectivity index is 2.68. The molecule has 0 aliphatic heterocycles. The number of carboxylic acids is 1. The minimum atomic E-state index is -3.70. The van der Waals surface area contributed by atoms with Gasteiger partial charge in [-0.1, -0.05) is 0 Å². The highest BCUT2D eigenvalue weighted by molar-refractivity contribution is 7.89. The first-order chi connectivity index (χ1) is 6.92. The summed E-state index contributed by atoms with van der Waals surface area (Å²) < 4.78 is 23.9. The standard InChI is InChI=1S/C8H11NO4S2/c1-9(4-7-2-3-14-5-7)15(12,13)6-8(10)11/h2-3,5H,4,6H2,1H3,(H,10,11). The third-order valence-electron chi connectivity index (χ3n) is 1.77. The monoisotopic (exact) mass is 249 g/mol. The molecule has 1 N–H and O–H groups in total. The maximum Gasteiger partial charge on any atom is 0.320 e. The van der Waals surface area contributed by atoms with Crippen molar-refractivity contribution in [2.45, 2.75) is 6.54 Å². The summed E-state index contributed by atoms with van der Waals surface area (Å²) in [5.41, 5.74) is 0.858. The van der Waals surface area contributed by atoms with Gasteiger partial charge in [0.1, 0.15) is 0 Å². The van der Waals surface area contributed by atoms with Crippen molar-refractivity contribution in [1.82, 2.24) is 4.31 Å². The van der Waals surface area contributed by atoms with Crippen LogP contribution in [0.25, 0.3) is 0 Å². The molecule has 0 aliphatic rings. The van der Waals surface area contributed by atoms with E-state index in [1.54, 1.807) is 6.07 Å². The third-order valence-corrected chi connectivity index (χ3v) is 4.19. The lowest BCUT2D eigenvalue weighted by molar-refractivity contribution is -0.134. The highest BCUT2D eigenvalue weighted by Gasteiger charge is 2.21. The summed E-state index contributed by atoms with van der Waals surface area (Å²) in [6, 6.07) is 1.80. The van der Waals surface area contributed by atoms with E-state index in [4.69, 9.17) is 5.11 Å². The first kappa shape index (κ1) is 12.2. The van der Waals surface area contributed by atoms with Crippen LogP contribution < -0.4 is 0 Å². The Labute approximate surface area is 92.0 Å². The summed E-state index contributed by atoms with van der Waals surface area (Å²) in [6.07, 6.45) is 0. The second-order valence-corrected chi connectivity index (χ2v) is 5.89. The fourth-order valence-corrected chi connectivity index (χ4v) is 2.54. The number of aliphatic carboxylic acids is 1. The zero-order valence-corrected chi connectivity index (χ0v) is 9.71. The molecular formula is C8H11NO4S2. The molecule has 0 bridgehead atoms. The van der Waals surface area contributed by atoms with Crippen LogP contribution in [0.15, 0.2) is 16.8 Å². The van der Waals surface area contributed by atoms with Gasteiger partial charge in [-0.3, -0.25) is 4.79 Å². The van der Waals surface area contributed by atoms with E-state index in [-0.39, 0.29) is 6.54 Å². The number of hydrogen-bond donors (Lipinski definition) is 1. The molecule has 0 aliphatic carbocycles. The topological polar surface area (TPSA) is 74.7 Å². The van der Waals surface area contributed by atoms with Crippen LogP contribution in [0.4, 0.5) is 0 Å². The Kier molecular flexibility index (Phi) is 3.83. The van der Waals surface area contributed by atoms with Gasteiger partial charge in [0.25, 0.3) is 0 Å². The highest BCUT2D eigenvalue weighted by atomic mass is 32.2. The van der Waals surface area contributed by atoms with E-state index in [0.717, 1.165) is 9.87 Å². The molecule has 0 amide bonds. The fourth-order valence-electron chi connectivity index (χ4n) is 1.00. The second-order valence-electron chi connectivity index (χ2n) is 3.04. The molecule has 0 spiro atoms. The van der Waals surface area contributed by atoms with E-state index in [0.29, 0.717) is 0 Å². The summed E-state index contributed by atoms with van der Waals surface area (Å²) in [5.74, 6) is -2.21. The second kappa shape index (κ2) is 4.73. The summed E-state index contributed by atoms with van der Waals surface area (Å²) >= 11 is 1.47. The van der Waals surface area contributed by atoms with Gasteiger partial charge in [-0.2, -0.15) is 11.3 Å². The molecule has 1 aromatic rings. The number of carbonyl (C=O) groups is 1. The molecule has 0 atom stereocenters. The van der Waals surface area contributed by atoms with E-state index in [1.807, 2.05) is 10.8 Å². The lowest BCUT2D eigenvalue weighted by Gasteiger charge is -2.14. The maximum atomic E-state index is 11.4. The molecule has 0 radical (unpaired) electrons. The van der Waals surface area contributed by atoms with Crippen LogP contribution in [0, 0.1) is 0 Å². The number of nitrogens with zero attached hydrogens (tertiary/aromatic N) is 1. The van der Waals surface area contributed by atoms with Gasteiger partial charge in [0.05, 0.1) is 0 Å². The van der Waals surface area contributed by atoms with E-state index in [2.05, 4.69) is 0 Å². The van der Waals surface area contributed by atoms with Gasteiger partial charge in [0, 0.05) is 13.6 Å². The Bertz CT molecular complexity index is 424. The zero-order valence-electron chi connectivity index (χ0n) is 8.08. The van der Waals surface area contributed by atoms with Crippen LogP contribution in [0.1, 0.15) is 5.56 Å². The van der Waals surface area contributed by atoms with Gasteiger partial charge in [0.15, 0.2) is 5.75 Å². The summed E-state index contributed by atoms with van der Waals surface area (Å²) in [6.45, 7) is 0.207. The van der Waals surface area contributed by atoms with Crippen molar-refractivity contribution in [2.75, 3.05) is 12.8 Å². The van der Waals surface area contributed by atoms with Crippen molar-refractivity contribution >= 4 is 27.3 Å². The van der Waals surface area contributed by atoms with Crippen LogP contribution in [0.5, 0.6) is 0 Å². The van der Waals surface area contributed by atoms with Crippen molar-refractivity contribution in [1.29, 1.82) is 0 Å². The van der Waals surface area contributed by atoms with Gasteiger partial charge < -0.3 is 5.11 Å². The molecule has 0 fully saturated rings. The first-order valence-corrected chi connectivity index (χ1v) is 6.64. The quantitative estimate of drug-likeness (QED) is 0.829. The summed E-state index contributed by atoms with van der Waals surface area (Å²) in [5, 5.41) is 12.1. The van der Waals surface area contributed by atoms with Crippen molar-refractivity contribution in [3.63, 3.8) is 0 Å². The molecule has 1 aromatic heterocycles. The predicted molar refractivity (Wildman–Crippen MR) is 57.2 cm³/mol. The first-order valence-electron chi connectivity index (χ1n) is 4.08. The summed E-state index contributed by atoms with van der Waals surface area (Å²) in [4.78, 5) is 10.3. The fraction of sp³-hybridized carbons (Fsp3) is 0.375. The van der Waals surface area contributed by atoms with Crippen molar-refractivity contribution in [2.24, 2.45) is 0 Å². The zero-order chi connectivity index (χ0) is 11.5. The largest absolute Gasteiger partial charge is 0.480 e. The Hall–Kier alpha value is -0.920. The molecule has 0 saturated heterocycles. The number of sulfonamides is 1. The minimum Gasteiger partial charge on any atom is -0.480 e. The Morgan fingerprint density at radius 2 is 2.27 bits per heavy atom. The minimum absolute atomic E-state index is 0.207. The van der Waals surface area contributed by atoms with Crippen LogP contribution in [-0.2, 0) is 21.4 Å². The molecule has 84 valence electrons. The average Bonchev–Trinajstić information content (AvgIpc) is 2.54. The molecule has 15 heavy (non-hydrogen) atoms. The average molecular weight is 249 g/mol. The number of thiophene rings is 1. The molecule has 5 nitrogen and oxygen atoms in total. The highest BCUT2D eigenvalue weighted by Crippen LogP contribution is 2.10. The predicted octanol–water partition coefficient (Wildman–Crippen LogP) is 0.594. The van der Waals surface area contributed by atoms with Gasteiger partial charge in [-0.25, -0.2) is 12.7 Å². The third kappa shape index (κ3) is 3.61.